The van der Waals surface area contributed by atoms with Crippen molar-refractivity contribution in [3.63, 3.8) is 0 Å². The SMILES string of the molecule is Bc1ccc(F)c(C(N)(Cn2ccnc2C)C(F)F)c1. The molecule has 0 aliphatic rings. The van der Waals surface area contributed by atoms with Gasteiger partial charge in [-0.25, -0.2) is 18.2 Å². The number of alkyl halides is 2. The van der Waals surface area contributed by atoms with E-state index in [9.17, 15) is 13.2 Å². The van der Waals surface area contributed by atoms with Gasteiger partial charge in [0.05, 0.1) is 6.54 Å². The zero-order chi connectivity index (χ0) is 14.9. The quantitative estimate of drug-likeness (QED) is 0.839. The second kappa shape index (κ2) is 5.32. The first-order valence-corrected chi connectivity index (χ1v) is 6.16. The van der Waals surface area contributed by atoms with E-state index in [2.05, 4.69) is 4.98 Å². The lowest BCUT2D eigenvalue weighted by Gasteiger charge is -2.30. The molecular weight excluding hydrogens is 266 g/mol. The van der Waals surface area contributed by atoms with Crippen LogP contribution in [0.2, 0.25) is 0 Å². The highest BCUT2D eigenvalue weighted by Gasteiger charge is 2.40. The molecule has 0 saturated carbocycles. The van der Waals surface area contributed by atoms with Crippen molar-refractivity contribution < 1.29 is 13.2 Å². The minimum Gasteiger partial charge on any atom is -0.333 e. The van der Waals surface area contributed by atoms with E-state index in [-0.39, 0.29) is 12.1 Å². The molecule has 106 valence electrons. The van der Waals surface area contributed by atoms with Crippen molar-refractivity contribution in [2.75, 3.05) is 0 Å². The molecule has 0 fully saturated rings. The van der Waals surface area contributed by atoms with Crippen LogP contribution in [0.1, 0.15) is 11.4 Å². The Kier molecular flexibility index (Phi) is 3.90. The van der Waals surface area contributed by atoms with Crippen LogP contribution in [-0.4, -0.2) is 23.8 Å². The van der Waals surface area contributed by atoms with Gasteiger partial charge in [-0.3, -0.25) is 0 Å². The summed E-state index contributed by atoms with van der Waals surface area (Å²) in [6.07, 6.45) is 0.140. The van der Waals surface area contributed by atoms with Crippen molar-refractivity contribution in [3.05, 3.63) is 47.8 Å². The standard InChI is InChI=1S/C13H15BF3N3/c1-8-19-4-5-20(8)7-13(18,12(16)17)10-6-9(14)2-3-11(10)15/h2-6,12H,7,14,18H2,1H3. The Morgan fingerprint density at radius 3 is 2.70 bits per heavy atom. The zero-order valence-electron chi connectivity index (χ0n) is 11.3. The molecule has 1 aromatic heterocycles. The molecule has 3 nitrogen and oxygen atoms in total. The van der Waals surface area contributed by atoms with Gasteiger partial charge in [-0.2, -0.15) is 0 Å². The summed E-state index contributed by atoms with van der Waals surface area (Å²) in [5.41, 5.74) is 4.26. The van der Waals surface area contributed by atoms with E-state index in [4.69, 9.17) is 5.73 Å². The highest BCUT2D eigenvalue weighted by molar-refractivity contribution is 6.32. The van der Waals surface area contributed by atoms with Gasteiger partial charge in [-0.05, 0) is 13.0 Å². The molecule has 2 aromatic rings. The van der Waals surface area contributed by atoms with E-state index in [1.54, 1.807) is 21.0 Å². The molecule has 0 radical (unpaired) electrons. The predicted octanol–water partition coefficient (Wildman–Crippen LogP) is 0.708. The van der Waals surface area contributed by atoms with Crippen molar-refractivity contribution in [1.82, 2.24) is 9.55 Å². The summed E-state index contributed by atoms with van der Waals surface area (Å²) in [5.74, 6) is -0.176. The summed E-state index contributed by atoms with van der Waals surface area (Å²) < 4.78 is 42.4. The van der Waals surface area contributed by atoms with Crippen molar-refractivity contribution in [3.8, 4) is 0 Å². The Hall–Kier alpha value is -1.76. The summed E-state index contributed by atoms with van der Waals surface area (Å²) in [5, 5.41) is 0. The first-order chi connectivity index (χ1) is 9.34. The molecule has 7 heteroatoms. The molecule has 2 rings (SSSR count). The minimum absolute atomic E-state index is 0.180. The van der Waals surface area contributed by atoms with Crippen LogP contribution in [0.3, 0.4) is 0 Å². The van der Waals surface area contributed by atoms with Crippen LogP contribution < -0.4 is 11.2 Å². The van der Waals surface area contributed by atoms with E-state index in [1.807, 2.05) is 0 Å². The Balaban J connectivity index is 2.49. The molecule has 1 heterocycles. The molecule has 1 aromatic carbocycles. The average Bonchev–Trinajstić information content (AvgIpc) is 2.77. The number of aryl methyl sites for hydroxylation is 1. The van der Waals surface area contributed by atoms with Gasteiger partial charge in [-0.15, -0.1) is 0 Å². The van der Waals surface area contributed by atoms with Gasteiger partial charge in [0.2, 0.25) is 0 Å². The number of nitrogens with zero attached hydrogens (tertiary/aromatic N) is 2. The first-order valence-electron chi connectivity index (χ1n) is 6.16. The van der Waals surface area contributed by atoms with E-state index in [0.29, 0.717) is 11.3 Å². The van der Waals surface area contributed by atoms with Gasteiger partial charge in [0.1, 0.15) is 25.0 Å². The average molecular weight is 281 g/mol. The van der Waals surface area contributed by atoms with Crippen molar-refractivity contribution >= 4 is 13.3 Å². The van der Waals surface area contributed by atoms with Gasteiger partial charge < -0.3 is 10.3 Å². The number of benzene rings is 1. The normalized spacial score (nSPS) is 14.5. The molecular formula is C13H15BF3N3. The summed E-state index contributed by atoms with van der Waals surface area (Å²) in [7, 11) is 1.71. The molecule has 2 N–H and O–H groups in total. The molecule has 0 aliphatic carbocycles. The summed E-state index contributed by atoms with van der Waals surface area (Å²) in [6, 6.07) is 4.05. The maximum atomic E-state index is 13.9. The summed E-state index contributed by atoms with van der Waals surface area (Å²) in [4.78, 5) is 3.96. The molecule has 0 aliphatic heterocycles. The highest BCUT2D eigenvalue weighted by atomic mass is 19.3. The van der Waals surface area contributed by atoms with Crippen LogP contribution in [0.5, 0.6) is 0 Å². The number of hydrogen-bond donors (Lipinski definition) is 1. The monoisotopic (exact) mass is 281 g/mol. The van der Waals surface area contributed by atoms with Crippen molar-refractivity contribution in [2.45, 2.75) is 25.4 Å². The third-order valence-electron chi connectivity index (χ3n) is 3.37. The summed E-state index contributed by atoms with van der Waals surface area (Å²) >= 11 is 0. The fourth-order valence-corrected chi connectivity index (χ4v) is 2.12. The van der Waals surface area contributed by atoms with E-state index < -0.39 is 17.8 Å². The molecule has 0 bridgehead atoms. The number of hydrogen-bond acceptors (Lipinski definition) is 2. The van der Waals surface area contributed by atoms with E-state index in [1.165, 1.54) is 22.9 Å². The second-order valence-corrected chi connectivity index (χ2v) is 4.93. The maximum absolute atomic E-state index is 13.9. The molecule has 0 amide bonds. The maximum Gasteiger partial charge on any atom is 0.262 e. The van der Waals surface area contributed by atoms with Gasteiger partial charge in [-0.1, -0.05) is 17.6 Å². The topological polar surface area (TPSA) is 43.8 Å². The van der Waals surface area contributed by atoms with E-state index >= 15 is 0 Å². The highest BCUT2D eigenvalue weighted by Crippen LogP contribution is 2.29. The number of rotatable bonds is 4. The predicted molar refractivity (Wildman–Crippen MR) is 73.4 cm³/mol. The molecule has 0 saturated heterocycles. The lowest BCUT2D eigenvalue weighted by molar-refractivity contribution is 0.0388. The molecule has 20 heavy (non-hydrogen) atoms. The van der Waals surface area contributed by atoms with Crippen LogP contribution in [0.15, 0.2) is 30.6 Å². The molecule has 0 spiro atoms. The number of imidazole rings is 1. The molecule has 1 unspecified atom stereocenters. The lowest BCUT2D eigenvalue weighted by atomic mass is 9.85. The van der Waals surface area contributed by atoms with Gasteiger partial charge in [0.15, 0.2) is 0 Å². The van der Waals surface area contributed by atoms with Gasteiger partial charge in [0, 0.05) is 18.0 Å². The van der Waals surface area contributed by atoms with Crippen LogP contribution in [-0.2, 0) is 12.1 Å². The van der Waals surface area contributed by atoms with E-state index in [0.717, 1.165) is 6.07 Å². The fourth-order valence-electron chi connectivity index (χ4n) is 2.12. The van der Waals surface area contributed by atoms with Crippen molar-refractivity contribution in [1.29, 1.82) is 0 Å². The largest absolute Gasteiger partial charge is 0.333 e. The summed E-state index contributed by atoms with van der Waals surface area (Å²) in [6.45, 7) is 1.44. The van der Waals surface area contributed by atoms with Crippen LogP contribution in [0.4, 0.5) is 13.2 Å². The number of aromatic nitrogens is 2. The third kappa shape index (κ3) is 2.58. The lowest BCUT2D eigenvalue weighted by Crippen LogP contribution is -2.48. The Morgan fingerprint density at radius 1 is 1.45 bits per heavy atom. The van der Waals surface area contributed by atoms with Crippen LogP contribution >= 0.6 is 0 Å². The zero-order valence-corrected chi connectivity index (χ0v) is 11.3. The number of halogens is 3. The fraction of sp³-hybridized carbons (Fsp3) is 0.308. The smallest absolute Gasteiger partial charge is 0.262 e. The third-order valence-corrected chi connectivity index (χ3v) is 3.37. The minimum atomic E-state index is -2.90. The Bertz CT molecular complexity index is 615. The number of nitrogens with two attached hydrogens (primary N) is 1. The van der Waals surface area contributed by atoms with Crippen molar-refractivity contribution in [2.24, 2.45) is 5.73 Å². The Labute approximate surface area is 116 Å². The van der Waals surface area contributed by atoms with Gasteiger partial charge >= 0.3 is 0 Å². The van der Waals surface area contributed by atoms with Gasteiger partial charge in [0.25, 0.3) is 6.43 Å². The molecule has 1 atom stereocenters. The Morgan fingerprint density at radius 2 is 2.15 bits per heavy atom. The van der Waals surface area contributed by atoms with Crippen LogP contribution in [0.25, 0.3) is 0 Å². The second-order valence-electron chi connectivity index (χ2n) is 4.93. The first kappa shape index (κ1) is 14.6. The van der Waals surface area contributed by atoms with Crippen LogP contribution in [0, 0.1) is 12.7 Å².